The van der Waals surface area contributed by atoms with Crippen LogP contribution in [0, 0.1) is 12.3 Å². The number of nitrogens with one attached hydrogen (secondary N) is 1. The van der Waals surface area contributed by atoms with Crippen LogP contribution in [0.25, 0.3) is 16.6 Å². The number of ether oxygens (including phenoxy) is 2. The van der Waals surface area contributed by atoms with E-state index in [0.717, 1.165) is 33.2 Å². The first-order valence-electron chi connectivity index (χ1n) is 13.3. The normalized spacial score (nSPS) is 20.0. The van der Waals surface area contributed by atoms with E-state index < -0.39 is 48.8 Å². The predicted octanol–water partition coefficient (Wildman–Crippen LogP) is 2.94. The molecule has 0 saturated carbocycles. The smallest absolute Gasteiger partial charge is 0.405 e. The summed E-state index contributed by atoms with van der Waals surface area (Å²) in [5, 5.41) is 6.34. The standard InChI is InChI=1S/C25H37N6O10PS/c1-17-15-31(24(36)30(22(17)34)10-7-11-32)20-14-18(28-29-26)19(41-20)16-40-42(37,27-9-6-8-21(33)38-5)39-12-13-43-23(35)25(2,3)4/h7,10-11,15,18-20H,6,8-9,12-14,16H2,1-5H3,(H,27,37)/b10-7+/t18-,19+,20+,42?/m0/s1. The Morgan fingerprint density at radius 2 is 2.05 bits per heavy atom. The first-order valence-corrected chi connectivity index (χ1v) is 15.8. The molecule has 4 atom stereocenters. The van der Waals surface area contributed by atoms with E-state index in [-0.39, 0.29) is 55.5 Å². The number of aldehydes is 1. The van der Waals surface area contributed by atoms with Gasteiger partial charge in [0.1, 0.15) is 12.5 Å². The monoisotopic (exact) mass is 644 g/mol. The van der Waals surface area contributed by atoms with Crippen molar-refractivity contribution in [2.24, 2.45) is 10.5 Å². The molecule has 2 heterocycles. The summed E-state index contributed by atoms with van der Waals surface area (Å²) in [6.07, 6.45) is 2.14. The number of aromatic nitrogens is 2. The number of carbonyl (C=O) groups is 3. The summed E-state index contributed by atoms with van der Waals surface area (Å²) >= 11 is 1.03. The molecule has 1 aliphatic rings. The Kier molecular flexibility index (Phi) is 14.1. The molecule has 1 aliphatic heterocycles. The quantitative estimate of drug-likeness (QED) is 0.0402. The molecule has 0 aliphatic carbocycles. The third-order valence-corrected chi connectivity index (χ3v) is 8.90. The summed E-state index contributed by atoms with van der Waals surface area (Å²) in [4.78, 5) is 62.7. The van der Waals surface area contributed by atoms with Gasteiger partial charge in [-0.05, 0) is 25.0 Å². The molecule has 1 fully saturated rings. The number of allylic oxidation sites excluding steroid dienone is 1. The van der Waals surface area contributed by atoms with E-state index in [1.54, 1.807) is 20.8 Å². The van der Waals surface area contributed by atoms with E-state index in [4.69, 9.17) is 19.3 Å². The highest BCUT2D eigenvalue weighted by molar-refractivity contribution is 8.13. The van der Waals surface area contributed by atoms with Crippen LogP contribution >= 0.6 is 19.5 Å². The zero-order valence-electron chi connectivity index (χ0n) is 24.7. The van der Waals surface area contributed by atoms with Crippen LogP contribution in [0.1, 0.15) is 51.8 Å². The van der Waals surface area contributed by atoms with Crippen LogP contribution in [0.3, 0.4) is 0 Å². The van der Waals surface area contributed by atoms with Gasteiger partial charge in [0.25, 0.3) is 5.56 Å². The number of hydrogen-bond donors (Lipinski definition) is 1. The molecular formula is C25H37N6O10PS. The van der Waals surface area contributed by atoms with Crippen molar-refractivity contribution in [3.05, 3.63) is 49.1 Å². The lowest BCUT2D eigenvalue weighted by Crippen LogP contribution is -2.39. The fourth-order valence-corrected chi connectivity index (χ4v) is 6.03. The van der Waals surface area contributed by atoms with Gasteiger partial charge in [-0.15, -0.1) is 0 Å². The maximum absolute atomic E-state index is 13.6. The Labute approximate surface area is 252 Å². The second kappa shape index (κ2) is 16.7. The van der Waals surface area contributed by atoms with Gasteiger partial charge in [0.05, 0.1) is 32.5 Å². The summed E-state index contributed by atoms with van der Waals surface area (Å²) in [6.45, 7) is 6.40. The number of thioether (sulfide) groups is 1. The minimum absolute atomic E-state index is 0.0241. The maximum atomic E-state index is 13.6. The molecule has 0 radical (unpaired) electrons. The zero-order chi connectivity index (χ0) is 32.2. The van der Waals surface area contributed by atoms with Crippen molar-refractivity contribution in [2.75, 3.05) is 32.6 Å². The van der Waals surface area contributed by atoms with Gasteiger partial charge in [-0.3, -0.25) is 32.8 Å². The lowest BCUT2D eigenvalue weighted by Gasteiger charge is -2.23. The van der Waals surface area contributed by atoms with Crippen molar-refractivity contribution in [3.63, 3.8) is 0 Å². The molecule has 1 aromatic heterocycles. The lowest BCUT2D eigenvalue weighted by atomic mass is 10.00. The molecule has 2 rings (SSSR count). The summed E-state index contributed by atoms with van der Waals surface area (Å²) in [5.74, 6) is -0.246. The highest BCUT2D eigenvalue weighted by atomic mass is 32.2. The SMILES string of the molecule is COC(=O)CCCNP(=O)(OCCSC(=O)C(C)(C)C)OC[C@H]1O[C@@H](n2cc(C)c(=O)n(/C=C/C=O)c2=O)C[C@@H]1N=[N+]=[N-]. The number of hydrogen-bond acceptors (Lipinski definition) is 12. The van der Waals surface area contributed by atoms with Crippen molar-refractivity contribution >= 4 is 43.1 Å². The first-order chi connectivity index (χ1) is 20.3. The van der Waals surface area contributed by atoms with Crippen LogP contribution < -0.4 is 16.3 Å². The van der Waals surface area contributed by atoms with Crippen LogP contribution in [-0.4, -0.2) is 71.3 Å². The number of aryl methyl sites for hydroxylation is 1. The van der Waals surface area contributed by atoms with E-state index in [1.807, 2.05) is 0 Å². The first kappa shape index (κ1) is 36.2. The molecular weight excluding hydrogens is 607 g/mol. The average Bonchev–Trinajstić information content (AvgIpc) is 3.36. The fourth-order valence-electron chi connectivity index (χ4n) is 3.76. The van der Waals surface area contributed by atoms with Crippen molar-refractivity contribution in [1.82, 2.24) is 14.2 Å². The Hall–Kier alpha value is -3.04. The van der Waals surface area contributed by atoms with E-state index in [2.05, 4.69) is 19.9 Å². The Bertz CT molecular complexity index is 1400. The fraction of sp³-hybridized carbons (Fsp3) is 0.640. The molecule has 0 spiro atoms. The Morgan fingerprint density at radius 3 is 2.67 bits per heavy atom. The lowest BCUT2D eigenvalue weighted by molar-refractivity contribution is -0.140. The third kappa shape index (κ3) is 10.9. The second-order valence-corrected chi connectivity index (χ2v) is 13.3. The van der Waals surface area contributed by atoms with Crippen LogP contribution in [0.2, 0.25) is 0 Å². The Balaban J connectivity index is 2.20. The van der Waals surface area contributed by atoms with Gasteiger partial charge in [0.15, 0.2) is 5.12 Å². The molecule has 16 nitrogen and oxygen atoms in total. The summed E-state index contributed by atoms with van der Waals surface area (Å²) < 4.78 is 37.2. The van der Waals surface area contributed by atoms with Gasteiger partial charge in [0.2, 0.25) is 0 Å². The van der Waals surface area contributed by atoms with Crippen LogP contribution in [-0.2, 0) is 37.5 Å². The predicted molar refractivity (Wildman–Crippen MR) is 158 cm³/mol. The number of methoxy groups -OCH3 is 1. The van der Waals surface area contributed by atoms with Gasteiger partial charge in [0, 0.05) is 53.4 Å². The van der Waals surface area contributed by atoms with Gasteiger partial charge in [-0.2, -0.15) is 0 Å². The molecule has 0 aromatic carbocycles. The van der Waals surface area contributed by atoms with Crippen LogP contribution in [0.4, 0.5) is 0 Å². The third-order valence-electron chi connectivity index (χ3n) is 6.03. The summed E-state index contributed by atoms with van der Waals surface area (Å²) in [5.41, 5.74) is 7.32. The van der Waals surface area contributed by atoms with Crippen molar-refractivity contribution in [1.29, 1.82) is 0 Å². The average molecular weight is 645 g/mol. The van der Waals surface area contributed by atoms with Crippen LogP contribution in [0.5, 0.6) is 0 Å². The number of esters is 1. The molecule has 0 amide bonds. The highest BCUT2D eigenvalue weighted by Gasteiger charge is 2.39. The second-order valence-electron chi connectivity index (χ2n) is 10.4. The van der Waals surface area contributed by atoms with Crippen LogP contribution in [0.15, 0.2) is 27.0 Å². The topological polar surface area (TPSA) is 210 Å². The number of nitrogens with zero attached hydrogens (tertiary/aromatic N) is 5. The van der Waals surface area contributed by atoms with Crippen molar-refractivity contribution in [3.8, 4) is 0 Å². The molecule has 1 aromatic rings. The molecule has 238 valence electrons. The summed E-state index contributed by atoms with van der Waals surface area (Å²) in [6, 6.07) is -0.846. The van der Waals surface area contributed by atoms with E-state index in [0.29, 0.717) is 6.29 Å². The number of rotatable bonds is 16. The molecule has 1 N–H and O–H groups in total. The molecule has 1 saturated heterocycles. The van der Waals surface area contributed by atoms with Crippen molar-refractivity contribution in [2.45, 2.75) is 65.3 Å². The van der Waals surface area contributed by atoms with Gasteiger partial charge < -0.3 is 9.47 Å². The molecule has 0 bridgehead atoms. The van der Waals surface area contributed by atoms with Gasteiger partial charge >= 0.3 is 19.4 Å². The van der Waals surface area contributed by atoms with Gasteiger partial charge in [-0.25, -0.2) is 19.0 Å². The largest absolute Gasteiger partial charge is 0.469 e. The number of azide groups is 1. The number of carbonyl (C=O) groups excluding carboxylic acids is 3. The van der Waals surface area contributed by atoms with E-state index >= 15 is 0 Å². The van der Waals surface area contributed by atoms with Gasteiger partial charge in [-0.1, -0.05) is 37.6 Å². The van der Waals surface area contributed by atoms with E-state index in [1.165, 1.54) is 20.2 Å². The highest BCUT2D eigenvalue weighted by Crippen LogP contribution is 2.45. The van der Waals surface area contributed by atoms with E-state index in [9.17, 15) is 28.5 Å². The summed E-state index contributed by atoms with van der Waals surface area (Å²) in [7, 11) is -2.77. The van der Waals surface area contributed by atoms with Crippen molar-refractivity contribution < 1.29 is 37.5 Å². The Morgan fingerprint density at radius 1 is 1.33 bits per heavy atom. The minimum Gasteiger partial charge on any atom is -0.469 e. The zero-order valence-corrected chi connectivity index (χ0v) is 26.4. The molecule has 43 heavy (non-hydrogen) atoms. The minimum atomic E-state index is -4.02. The molecule has 18 heteroatoms. The molecule has 1 unspecified atom stereocenters. The maximum Gasteiger partial charge on any atom is 0.405 e.